The molecule has 1 fully saturated rings. The van der Waals surface area contributed by atoms with Crippen molar-refractivity contribution in [1.82, 2.24) is 9.21 Å². The van der Waals surface area contributed by atoms with Crippen LogP contribution in [0.15, 0.2) is 24.3 Å². The SMILES string of the molecule is CCS(=O)(=O)N1Cc2ccccc2C[C@@H]1C(=O)O[C@H](C)C(=O)N1CCCC1. The maximum atomic E-state index is 12.8. The smallest absolute Gasteiger partial charge is 0.325 e. The summed E-state index contributed by atoms with van der Waals surface area (Å²) >= 11 is 0. The van der Waals surface area contributed by atoms with Crippen molar-refractivity contribution in [3.63, 3.8) is 0 Å². The van der Waals surface area contributed by atoms with E-state index < -0.39 is 28.1 Å². The normalized spacial score (nSPS) is 21.6. The second-order valence-corrected chi connectivity index (χ2v) is 9.26. The number of amides is 1. The highest BCUT2D eigenvalue weighted by Crippen LogP contribution is 2.27. The summed E-state index contributed by atoms with van der Waals surface area (Å²) in [5.41, 5.74) is 1.82. The second kappa shape index (κ2) is 7.98. The Kier molecular flexibility index (Phi) is 5.86. The van der Waals surface area contributed by atoms with Gasteiger partial charge in [0.2, 0.25) is 10.0 Å². The van der Waals surface area contributed by atoms with E-state index in [1.54, 1.807) is 18.7 Å². The highest BCUT2D eigenvalue weighted by Gasteiger charge is 2.40. The first-order chi connectivity index (χ1) is 12.8. The molecule has 1 saturated heterocycles. The molecule has 2 atom stereocenters. The summed E-state index contributed by atoms with van der Waals surface area (Å²) < 4.78 is 31.7. The highest BCUT2D eigenvalue weighted by atomic mass is 32.2. The number of carbonyl (C=O) groups is 2. The quantitative estimate of drug-likeness (QED) is 0.703. The minimum atomic E-state index is -3.59. The zero-order valence-corrected chi connectivity index (χ0v) is 16.6. The van der Waals surface area contributed by atoms with Gasteiger partial charge in [-0.3, -0.25) is 9.59 Å². The van der Waals surface area contributed by atoms with Crippen LogP contribution in [0.2, 0.25) is 0 Å². The van der Waals surface area contributed by atoms with E-state index in [0.29, 0.717) is 13.1 Å². The predicted molar refractivity (Wildman–Crippen MR) is 100 cm³/mol. The number of fused-ring (bicyclic) bond motifs is 1. The Balaban J connectivity index is 1.79. The van der Waals surface area contributed by atoms with Crippen molar-refractivity contribution in [3.8, 4) is 0 Å². The number of carbonyl (C=O) groups excluding carboxylic acids is 2. The van der Waals surface area contributed by atoms with E-state index in [1.807, 2.05) is 24.3 Å². The number of hydrogen-bond acceptors (Lipinski definition) is 5. The van der Waals surface area contributed by atoms with E-state index in [4.69, 9.17) is 4.74 Å². The summed E-state index contributed by atoms with van der Waals surface area (Å²) in [5, 5.41) is 0. The Labute approximate surface area is 160 Å². The van der Waals surface area contributed by atoms with Gasteiger partial charge in [0.25, 0.3) is 5.91 Å². The summed E-state index contributed by atoms with van der Waals surface area (Å²) in [5.74, 6) is -0.982. The first-order valence-electron chi connectivity index (χ1n) is 9.39. The van der Waals surface area contributed by atoms with Crippen LogP contribution in [0.1, 0.15) is 37.8 Å². The molecular weight excluding hydrogens is 368 g/mol. The van der Waals surface area contributed by atoms with Crippen molar-refractivity contribution in [2.45, 2.75) is 51.8 Å². The van der Waals surface area contributed by atoms with Gasteiger partial charge in [-0.2, -0.15) is 4.31 Å². The number of nitrogens with zero attached hydrogens (tertiary/aromatic N) is 2. The summed E-state index contributed by atoms with van der Waals surface area (Å²) in [6.45, 7) is 4.59. The van der Waals surface area contributed by atoms with E-state index >= 15 is 0 Å². The average molecular weight is 394 g/mol. The molecule has 0 aliphatic carbocycles. The lowest BCUT2D eigenvalue weighted by Crippen LogP contribution is -2.51. The molecule has 8 heteroatoms. The van der Waals surface area contributed by atoms with Crippen LogP contribution in [-0.4, -0.2) is 60.5 Å². The Hall–Kier alpha value is -1.93. The molecule has 0 unspecified atom stereocenters. The number of hydrogen-bond donors (Lipinski definition) is 0. The summed E-state index contributed by atoms with van der Waals surface area (Å²) in [6, 6.07) is 6.54. The van der Waals surface area contributed by atoms with Crippen molar-refractivity contribution < 1.29 is 22.7 Å². The molecule has 1 aromatic rings. The van der Waals surface area contributed by atoms with Gasteiger partial charge in [-0.25, -0.2) is 8.42 Å². The van der Waals surface area contributed by atoms with E-state index in [-0.39, 0.29) is 24.6 Å². The Morgan fingerprint density at radius 2 is 1.81 bits per heavy atom. The highest BCUT2D eigenvalue weighted by molar-refractivity contribution is 7.89. The summed E-state index contributed by atoms with van der Waals surface area (Å²) in [4.78, 5) is 26.9. The second-order valence-electron chi connectivity index (χ2n) is 7.05. The lowest BCUT2D eigenvalue weighted by Gasteiger charge is -2.34. The van der Waals surface area contributed by atoms with Crippen LogP contribution in [0.25, 0.3) is 0 Å². The van der Waals surface area contributed by atoms with Crippen molar-refractivity contribution in [2.75, 3.05) is 18.8 Å². The zero-order valence-electron chi connectivity index (χ0n) is 15.8. The van der Waals surface area contributed by atoms with Gasteiger partial charge in [0.1, 0.15) is 6.04 Å². The third-order valence-electron chi connectivity index (χ3n) is 5.26. The molecule has 0 N–H and O–H groups in total. The van der Waals surface area contributed by atoms with Gasteiger partial charge in [0.05, 0.1) is 5.75 Å². The molecule has 2 aliphatic heterocycles. The fourth-order valence-corrected chi connectivity index (χ4v) is 4.87. The largest absolute Gasteiger partial charge is 0.451 e. The maximum absolute atomic E-state index is 12.8. The molecule has 0 spiro atoms. The molecule has 1 amide bonds. The molecule has 0 bridgehead atoms. The third-order valence-corrected chi connectivity index (χ3v) is 7.09. The van der Waals surface area contributed by atoms with E-state index in [2.05, 4.69) is 0 Å². The van der Waals surface area contributed by atoms with Crippen LogP contribution in [0.3, 0.4) is 0 Å². The van der Waals surface area contributed by atoms with Crippen LogP contribution in [-0.2, 0) is 37.3 Å². The molecule has 148 valence electrons. The van der Waals surface area contributed by atoms with E-state index in [0.717, 1.165) is 24.0 Å². The van der Waals surface area contributed by atoms with Gasteiger partial charge in [-0.05, 0) is 37.8 Å². The number of likely N-dealkylation sites (tertiary alicyclic amines) is 1. The molecule has 27 heavy (non-hydrogen) atoms. The van der Waals surface area contributed by atoms with Crippen molar-refractivity contribution in [2.24, 2.45) is 0 Å². The molecule has 2 aliphatic rings. The van der Waals surface area contributed by atoms with Crippen LogP contribution >= 0.6 is 0 Å². The number of rotatable bonds is 5. The van der Waals surface area contributed by atoms with Crippen molar-refractivity contribution in [3.05, 3.63) is 35.4 Å². The van der Waals surface area contributed by atoms with Gasteiger partial charge in [-0.15, -0.1) is 0 Å². The van der Waals surface area contributed by atoms with Crippen LogP contribution in [0.5, 0.6) is 0 Å². The molecule has 2 heterocycles. The predicted octanol–water partition coefficient (Wildman–Crippen LogP) is 1.32. The Morgan fingerprint density at radius 3 is 2.44 bits per heavy atom. The van der Waals surface area contributed by atoms with Crippen LogP contribution in [0.4, 0.5) is 0 Å². The van der Waals surface area contributed by atoms with Crippen molar-refractivity contribution in [1.29, 1.82) is 0 Å². The van der Waals surface area contributed by atoms with E-state index in [1.165, 1.54) is 4.31 Å². The fourth-order valence-electron chi connectivity index (χ4n) is 3.66. The van der Waals surface area contributed by atoms with Gasteiger partial charge < -0.3 is 9.64 Å². The Bertz CT molecular complexity index is 817. The standard InChI is InChI=1S/C19H26N2O5S/c1-3-27(24,25)21-13-16-9-5-4-8-15(16)12-17(21)19(23)26-14(2)18(22)20-10-6-7-11-20/h4-5,8-9,14,17H,3,6-7,10-13H2,1-2H3/t14-,17-/m1/s1. The van der Waals surface area contributed by atoms with Gasteiger partial charge in [0, 0.05) is 26.1 Å². The van der Waals surface area contributed by atoms with Gasteiger partial charge in [0.15, 0.2) is 6.10 Å². The Morgan fingerprint density at radius 1 is 1.19 bits per heavy atom. The lowest BCUT2D eigenvalue weighted by molar-refractivity contribution is -0.162. The number of sulfonamides is 1. The number of benzene rings is 1. The molecule has 1 aromatic carbocycles. The number of ether oxygens (including phenoxy) is 1. The summed E-state index contributed by atoms with van der Waals surface area (Å²) in [7, 11) is -3.59. The number of esters is 1. The molecular formula is C19H26N2O5S. The minimum Gasteiger partial charge on any atom is -0.451 e. The molecule has 0 aromatic heterocycles. The third kappa shape index (κ3) is 4.16. The average Bonchev–Trinajstić information content (AvgIpc) is 3.20. The lowest BCUT2D eigenvalue weighted by atomic mass is 9.96. The topological polar surface area (TPSA) is 84.0 Å². The summed E-state index contributed by atoms with van der Waals surface area (Å²) in [6.07, 6.45) is 1.24. The first-order valence-corrected chi connectivity index (χ1v) is 11.0. The fraction of sp³-hybridized carbons (Fsp3) is 0.579. The maximum Gasteiger partial charge on any atom is 0.325 e. The monoisotopic (exact) mass is 394 g/mol. The minimum absolute atomic E-state index is 0.0960. The van der Waals surface area contributed by atoms with Crippen LogP contribution in [0, 0.1) is 0 Å². The van der Waals surface area contributed by atoms with E-state index in [9.17, 15) is 18.0 Å². The molecule has 0 radical (unpaired) electrons. The van der Waals surface area contributed by atoms with Gasteiger partial charge in [-0.1, -0.05) is 24.3 Å². The molecule has 3 rings (SSSR count). The van der Waals surface area contributed by atoms with Crippen molar-refractivity contribution >= 4 is 21.9 Å². The molecule has 0 saturated carbocycles. The van der Waals surface area contributed by atoms with Crippen LogP contribution < -0.4 is 0 Å². The first kappa shape index (κ1) is 19.8. The molecule has 7 nitrogen and oxygen atoms in total. The zero-order chi connectivity index (χ0) is 19.6. The van der Waals surface area contributed by atoms with Gasteiger partial charge >= 0.3 is 5.97 Å².